The third kappa shape index (κ3) is 4.28. The maximum atomic E-state index is 13.8. The van der Waals surface area contributed by atoms with Crippen molar-refractivity contribution in [3.8, 4) is 17.6 Å². The number of rotatable bonds is 6. The van der Waals surface area contributed by atoms with E-state index in [-0.39, 0.29) is 30.5 Å². The fourth-order valence-corrected chi connectivity index (χ4v) is 4.90. The maximum absolute atomic E-state index is 13.8. The Morgan fingerprint density at radius 3 is 2.64 bits per heavy atom. The predicted molar refractivity (Wildman–Crippen MR) is 121 cm³/mol. The molecule has 0 saturated heterocycles. The van der Waals surface area contributed by atoms with Crippen LogP contribution in [0.5, 0.6) is 11.5 Å². The van der Waals surface area contributed by atoms with Crippen LogP contribution in [-0.2, 0) is 11.3 Å². The number of thiophene rings is 1. The van der Waals surface area contributed by atoms with Gasteiger partial charge in [-0.25, -0.2) is 9.18 Å². The molecule has 4 rings (SSSR count). The maximum Gasteiger partial charge on any atom is 0.343 e. The van der Waals surface area contributed by atoms with Crippen molar-refractivity contribution in [2.45, 2.75) is 26.4 Å². The molecule has 0 spiro atoms. The van der Waals surface area contributed by atoms with E-state index in [9.17, 15) is 14.4 Å². The molecule has 1 unspecified atom stereocenters. The van der Waals surface area contributed by atoms with E-state index < -0.39 is 11.9 Å². The summed E-state index contributed by atoms with van der Waals surface area (Å²) in [6, 6.07) is 15.7. The average Bonchev–Trinajstić information content (AvgIpc) is 3.13. The van der Waals surface area contributed by atoms with Crippen molar-refractivity contribution in [3.63, 3.8) is 0 Å². The molecule has 2 N–H and O–H groups in total. The summed E-state index contributed by atoms with van der Waals surface area (Å²) >= 11 is 1.37. The highest BCUT2D eigenvalue weighted by atomic mass is 32.1. The SMILES string of the molecule is CCOC(=O)c1c(C)sc2c1OC(N)=C(C#N)C2c1ccc(OCc2ccccc2F)cc1. The molecule has 0 aliphatic carbocycles. The van der Waals surface area contributed by atoms with Gasteiger partial charge < -0.3 is 19.9 Å². The minimum atomic E-state index is -0.494. The summed E-state index contributed by atoms with van der Waals surface area (Å²) in [4.78, 5) is 13.9. The van der Waals surface area contributed by atoms with Crippen molar-refractivity contribution >= 4 is 17.3 Å². The highest BCUT2D eigenvalue weighted by molar-refractivity contribution is 7.12. The molecule has 1 atom stereocenters. The van der Waals surface area contributed by atoms with Crippen molar-refractivity contribution in [1.29, 1.82) is 5.26 Å². The van der Waals surface area contributed by atoms with Gasteiger partial charge in [0.15, 0.2) is 5.75 Å². The zero-order valence-electron chi connectivity index (χ0n) is 18.1. The molecule has 8 heteroatoms. The van der Waals surface area contributed by atoms with Gasteiger partial charge in [-0.15, -0.1) is 11.3 Å². The first-order chi connectivity index (χ1) is 15.9. The van der Waals surface area contributed by atoms with Crippen molar-refractivity contribution in [3.05, 3.63) is 92.2 Å². The molecule has 1 aromatic heterocycles. The number of nitrogens with zero attached hydrogens (tertiary/aromatic N) is 1. The summed E-state index contributed by atoms with van der Waals surface area (Å²) in [6.07, 6.45) is 0. The summed E-state index contributed by atoms with van der Waals surface area (Å²) in [5.41, 5.74) is 7.90. The number of halogens is 1. The van der Waals surface area contributed by atoms with Gasteiger partial charge in [0.05, 0.1) is 17.4 Å². The molecular weight excluding hydrogens is 443 g/mol. The standard InChI is InChI=1S/C25H21FN2O4S/c1-3-30-25(29)20-14(2)33-23-21(18(12-27)24(28)32-22(20)23)15-8-10-17(11-9-15)31-13-16-6-4-5-7-19(16)26/h4-11,21H,3,13,28H2,1-2H3. The monoisotopic (exact) mass is 464 g/mol. The molecule has 6 nitrogen and oxygen atoms in total. The first-order valence-electron chi connectivity index (χ1n) is 10.3. The molecule has 0 radical (unpaired) electrons. The number of carbonyl (C=O) groups excluding carboxylic acids is 1. The van der Waals surface area contributed by atoms with Crippen LogP contribution in [0.25, 0.3) is 0 Å². The number of hydrogen-bond acceptors (Lipinski definition) is 7. The number of fused-ring (bicyclic) bond motifs is 1. The number of benzene rings is 2. The van der Waals surface area contributed by atoms with Crippen LogP contribution in [0.1, 0.15) is 44.1 Å². The smallest absolute Gasteiger partial charge is 0.343 e. The van der Waals surface area contributed by atoms with Crippen LogP contribution < -0.4 is 15.2 Å². The Hall–Kier alpha value is -3.83. The van der Waals surface area contributed by atoms with Gasteiger partial charge in [-0.05, 0) is 37.6 Å². The van der Waals surface area contributed by atoms with Gasteiger partial charge in [-0.3, -0.25) is 0 Å². The summed E-state index contributed by atoms with van der Waals surface area (Å²) < 4.78 is 30.4. The van der Waals surface area contributed by atoms with Gasteiger partial charge in [-0.2, -0.15) is 5.26 Å². The van der Waals surface area contributed by atoms with Gasteiger partial charge in [0.2, 0.25) is 5.88 Å². The lowest BCUT2D eigenvalue weighted by Gasteiger charge is -2.24. The van der Waals surface area contributed by atoms with E-state index in [1.807, 2.05) is 12.1 Å². The Morgan fingerprint density at radius 1 is 1.24 bits per heavy atom. The van der Waals surface area contributed by atoms with E-state index >= 15 is 0 Å². The lowest BCUT2D eigenvalue weighted by atomic mass is 9.88. The molecule has 1 aliphatic rings. The Morgan fingerprint density at radius 2 is 1.97 bits per heavy atom. The molecule has 0 amide bonds. The molecule has 168 valence electrons. The van der Waals surface area contributed by atoms with Crippen molar-refractivity contribution in [1.82, 2.24) is 0 Å². The molecule has 0 saturated carbocycles. The molecule has 33 heavy (non-hydrogen) atoms. The average molecular weight is 465 g/mol. The fraction of sp³-hybridized carbons (Fsp3) is 0.200. The number of aryl methyl sites for hydroxylation is 1. The number of nitrogens with two attached hydrogens (primary N) is 1. The van der Waals surface area contributed by atoms with Crippen LogP contribution >= 0.6 is 11.3 Å². The highest BCUT2D eigenvalue weighted by Crippen LogP contribution is 2.49. The van der Waals surface area contributed by atoms with Gasteiger partial charge in [-0.1, -0.05) is 30.3 Å². The number of hydrogen-bond donors (Lipinski definition) is 1. The second-order valence-corrected chi connectivity index (χ2v) is 8.58. The summed E-state index contributed by atoms with van der Waals surface area (Å²) in [5.74, 6) is -0.467. The number of esters is 1. The number of nitriles is 1. The van der Waals surface area contributed by atoms with Crippen LogP contribution in [0.15, 0.2) is 60.0 Å². The molecule has 0 bridgehead atoms. The Bertz CT molecular complexity index is 1270. The highest BCUT2D eigenvalue weighted by Gasteiger charge is 2.37. The Kier molecular flexibility index (Phi) is 6.33. The van der Waals surface area contributed by atoms with Crippen molar-refractivity contribution in [2.75, 3.05) is 6.61 Å². The van der Waals surface area contributed by atoms with Gasteiger partial charge in [0.1, 0.15) is 35.4 Å². The van der Waals surface area contributed by atoms with E-state index in [0.717, 1.165) is 10.4 Å². The lowest BCUT2D eigenvalue weighted by molar-refractivity contribution is 0.0522. The molecule has 2 heterocycles. The minimum Gasteiger partial charge on any atom is -0.489 e. The quantitative estimate of drug-likeness (QED) is 0.506. The zero-order chi connectivity index (χ0) is 23.5. The van der Waals surface area contributed by atoms with Gasteiger partial charge >= 0.3 is 5.97 Å². The topological polar surface area (TPSA) is 94.6 Å². The normalized spacial score (nSPS) is 14.8. The Balaban J connectivity index is 1.65. The number of ether oxygens (including phenoxy) is 3. The first kappa shape index (κ1) is 22.4. The third-order valence-corrected chi connectivity index (χ3v) is 6.41. The second-order valence-electron chi connectivity index (χ2n) is 7.32. The second kappa shape index (κ2) is 9.35. The van der Waals surface area contributed by atoms with E-state index in [0.29, 0.717) is 27.5 Å². The first-order valence-corrected chi connectivity index (χ1v) is 11.1. The third-order valence-electron chi connectivity index (χ3n) is 5.26. The summed E-state index contributed by atoms with van der Waals surface area (Å²) in [6.45, 7) is 3.86. The van der Waals surface area contributed by atoms with Crippen molar-refractivity contribution < 1.29 is 23.4 Å². The molecule has 2 aromatic carbocycles. The van der Waals surface area contributed by atoms with Crippen LogP contribution in [0, 0.1) is 24.1 Å². The van der Waals surface area contributed by atoms with E-state index in [1.54, 1.807) is 44.2 Å². The van der Waals surface area contributed by atoms with E-state index in [1.165, 1.54) is 17.4 Å². The zero-order valence-corrected chi connectivity index (χ0v) is 18.9. The van der Waals surface area contributed by atoms with Gasteiger partial charge in [0.25, 0.3) is 0 Å². The fourth-order valence-electron chi connectivity index (χ4n) is 3.69. The van der Waals surface area contributed by atoms with Gasteiger partial charge in [0, 0.05) is 10.4 Å². The van der Waals surface area contributed by atoms with E-state index in [2.05, 4.69) is 6.07 Å². The molecule has 1 aliphatic heterocycles. The van der Waals surface area contributed by atoms with Crippen LogP contribution in [0.3, 0.4) is 0 Å². The summed E-state index contributed by atoms with van der Waals surface area (Å²) in [7, 11) is 0. The van der Waals surface area contributed by atoms with Crippen molar-refractivity contribution in [2.24, 2.45) is 5.73 Å². The van der Waals surface area contributed by atoms with E-state index in [4.69, 9.17) is 19.9 Å². The number of carbonyl (C=O) groups is 1. The molecule has 0 fully saturated rings. The van der Waals surface area contributed by atoms with Crippen LogP contribution in [-0.4, -0.2) is 12.6 Å². The lowest BCUT2D eigenvalue weighted by Crippen LogP contribution is -2.21. The predicted octanol–water partition coefficient (Wildman–Crippen LogP) is 5.17. The Labute approximate surface area is 194 Å². The summed E-state index contributed by atoms with van der Waals surface area (Å²) in [5, 5.41) is 9.76. The van der Waals surface area contributed by atoms with Crippen LogP contribution in [0.4, 0.5) is 4.39 Å². The number of allylic oxidation sites excluding steroid dienone is 1. The molecule has 3 aromatic rings. The minimum absolute atomic E-state index is 0.0433. The van der Waals surface area contributed by atoms with Crippen LogP contribution in [0.2, 0.25) is 0 Å². The largest absolute Gasteiger partial charge is 0.489 e. The molecular formula is C25H21FN2O4S.